The third kappa shape index (κ3) is 3.76. The van der Waals surface area contributed by atoms with Crippen LogP contribution in [-0.2, 0) is 26.0 Å². The molecule has 26 heavy (non-hydrogen) atoms. The molecule has 3 heterocycles. The summed E-state index contributed by atoms with van der Waals surface area (Å²) < 4.78 is 25.7. The van der Waals surface area contributed by atoms with Crippen molar-refractivity contribution in [2.45, 2.75) is 36.6 Å². The van der Waals surface area contributed by atoms with Crippen LogP contribution in [0.3, 0.4) is 0 Å². The number of rotatable bonds is 5. The van der Waals surface area contributed by atoms with Gasteiger partial charge >= 0.3 is 0 Å². The summed E-state index contributed by atoms with van der Waals surface area (Å²) in [7, 11) is -0.244. The maximum absolute atomic E-state index is 12.6. The first-order chi connectivity index (χ1) is 12.3. The summed E-state index contributed by atoms with van der Waals surface area (Å²) in [5.41, 5.74) is 0.916. The maximum atomic E-state index is 12.6. The number of piperidine rings is 1. The van der Waals surface area contributed by atoms with Gasteiger partial charge in [-0.2, -0.15) is 0 Å². The highest BCUT2D eigenvalue weighted by Gasteiger charge is 2.39. The number of benzene rings is 1. The number of hydrogen-bond donors (Lipinski definition) is 1. The van der Waals surface area contributed by atoms with Gasteiger partial charge in [-0.15, -0.1) is 0 Å². The van der Waals surface area contributed by atoms with E-state index in [4.69, 9.17) is 0 Å². The summed E-state index contributed by atoms with van der Waals surface area (Å²) in [4.78, 5) is 28.7. The molecule has 2 atom stereocenters. The van der Waals surface area contributed by atoms with E-state index in [1.54, 1.807) is 29.2 Å². The van der Waals surface area contributed by atoms with Crippen LogP contribution in [0.5, 0.6) is 0 Å². The van der Waals surface area contributed by atoms with Crippen LogP contribution in [0, 0.1) is 5.92 Å². The number of aryl methyl sites for hydroxylation is 1. The molecule has 0 aliphatic carbocycles. The lowest BCUT2D eigenvalue weighted by Gasteiger charge is -2.32. The monoisotopic (exact) mass is 379 g/mol. The average Bonchev–Trinajstić information content (AvgIpc) is 2.93. The zero-order valence-corrected chi connectivity index (χ0v) is 16.0. The predicted molar refractivity (Wildman–Crippen MR) is 96.9 cm³/mol. The molecular formula is C18H25N3O4S. The van der Waals surface area contributed by atoms with E-state index in [0.717, 1.165) is 18.4 Å². The highest BCUT2D eigenvalue weighted by atomic mass is 32.2. The fourth-order valence-corrected chi connectivity index (χ4v) is 4.45. The molecule has 142 valence electrons. The molecule has 7 nitrogen and oxygen atoms in total. The van der Waals surface area contributed by atoms with E-state index in [-0.39, 0.29) is 28.7 Å². The molecule has 1 aromatic rings. The molecule has 0 saturated carbocycles. The molecule has 1 N–H and O–H groups in total. The van der Waals surface area contributed by atoms with Crippen LogP contribution < -0.4 is 4.72 Å². The first-order valence-electron chi connectivity index (χ1n) is 8.89. The van der Waals surface area contributed by atoms with Crippen molar-refractivity contribution in [3.8, 4) is 0 Å². The number of sulfonamides is 1. The topological polar surface area (TPSA) is 86.8 Å². The summed E-state index contributed by atoms with van der Waals surface area (Å²) >= 11 is 0. The Hall–Kier alpha value is -1.93. The number of carbonyl (C=O) groups is 2. The summed E-state index contributed by atoms with van der Waals surface area (Å²) in [6, 6.07) is 6.69. The molecular weight excluding hydrogens is 354 g/mol. The molecule has 0 spiro atoms. The molecule has 1 aromatic carbocycles. The van der Waals surface area contributed by atoms with E-state index in [0.29, 0.717) is 25.9 Å². The molecule has 3 aliphatic heterocycles. The minimum Gasteiger partial charge on any atom is -0.341 e. The summed E-state index contributed by atoms with van der Waals surface area (Å²) in [6.45, 7) is 1.12. The first kappa shape index (κ1) is 18.8. The van der Waals surface area contributed by atoms with Crippen LogP contribution in [0.15, 0.2) is 29.2 Å². The van der Waals surface area contributed by atoms with Crippen LogP contribution in [0.4, 0.5) is 0 Å². The summed E-state index contributed by atoms with van der Waals surface area (Å²) in [5.74, 6) is 0.128. The van der Waals surface area contributed by atoms with Crippen LogP contribution in [-0.4, -0.2) is 63.3 Å². The van der Waals surface area contributed by atoms with Crippen LogP contribution in [0.2, 0.25) is 0 Å². The molecule has 2 bridgehead atoms. The number of fused-ring (bicyclic) bond motifs is 4. The van der Waals surface area contributed by atoms with Crippen molar-refractivity contribution in [2.24, 2.45) is 5.92 Å². The number of carbonyl (C=O) groups excluding carboxylic acids is 2. The van der Waals surface area contributed by atoms with Gasteiger partial charge in [0.05, 0.1) is 10.8 Å². The smallest absolute Gasteiger partial charge is 0.240 e. The highest BCUT2D eigenvalue weighted by Crippen LogP contribution is 2.28. The van der Waals surface area contributed by atoms with Crippen molar-refractivity contribution in [1.82, 2.24) is 14.5 Å². The normalized spacial score (nSPS) is 23.2. The molecule has 4 rings (SSSR count). The fourth-order valence-electron chi connectivity index (χ4n) is 3.72. The van der Waals surface area contributed by atoms with Gasteiger partial charge in [-0.05, 0) is 44.0 Å². The SMILES string of the molecule is CNS(=O)(=O)c1ccc(CCC(=O)N2C[C@H]3CC[C@@H](C2)N(C)C3=O)cc1. The predicted octanol–water partition coefficient (Wildman–Crippen LogP) is 0.607. The molecule has 2 amide bonds. The molecule has 3 aliphatic rings. The Labute approximate surface area is 154 Å². The lowest BCUT2D eigenvalue weighted by atomic mass is 9.95. The molecule has 8 heteroatoms. The Bertz CT molecular complexity index is 791. The standard InChI is InChI=1S/C18H25N3O4S/c1-19-26(24,25)16-8-3-13(4-9-16)5-10-17(22)21-11-14-6-7-15(12-21)20(2)18(14)23/h3-4,8-9,14-15,19H,5-7,10-12H2,1-2H3/t14-,15+/m1/s1. The quantitative estimate of drug-likeness (QED) is 0.812. The minimum atomic E-state index is -3.44. The van der Waals surface area contributed by atoms with E-state index in [1.807, 2.05) is 11.9 Å². The Balaban J connectivity index is 1.60. The number of likely N-dealkylation sites (N-methyl/N-ethyl adjacent to an activating group) is 1. The molecule has 0 aromatic heterocycles. The highest BCUT2D eigenvalue weighted by molar-refractivity contribution is 7.89. The Morgan fingerprint density at radius 3 is 2.54 bits per heavy atom. The van der Waals surface area contributed by atoms with Crippen molar-refractivity contribution >= 4 is 21.8 Å². The van der Waals surface area contributed by atoms with Crippen LogP contribution in [0.25, 0.3) is 0 Å². The second kappa shape index (κ2) is 7.36. The maximum Gasteiger partial charge on any atom is 0.240 e. The molecule has 0 radical (unpaired) electrons. The number of amides is 2. The third-order valence-corrected chi connectivity index (χ3v) is 6.88. The van der Waals surface area contributed by atoms with Gasteiger partial charge in [0.1, 0.15) is 0 Å². The summed E-state index contributed by atoms with van der Waals surface area (Å²) in [5, 5.41) is 0. The van der Waals surface area contributed by atoms with Gasteiger partial charge in [-0.3, -0.25) is 9.59 Å². The van der Waals surface area contributed by atoms with E-state index in [9.17, 15) is 18.0 Å². The third-order valence-electron chi connectivity index (χ3n) is 5.45. The van der Waals surface area contributed by atoms with Crippen molar-refractivity contribution in [3.05, 3.63) is 29.8 Å². The largest absolute Gasteiger partial charge is 0.341 e. The van der Waals surface area contributed by atoms with E-state index >= 15 is 0 Å². The van der Waals surface area contributed by atoms with Gasteiger partial charge in [0, 0.05) is 32.6 Å². The second-order valence-electron chi connectivity index (χ2n) is 7.03. The number of nitrogens with one attached hydrogen (secondary N) is 1. The van der Waals surface area contributed by atoms with Gasteiger partial charge in [0.15, 0.2) is 0 Å². The molecule has 3 fully saturated rings. The molecule has 3 saturated heterocycles. The lowest BCUT2D eigenvalue weighted by Crippen LogP contribution is -2.45. The van der Waals surface area contributed by atoms with E-state index in [1.165, 1.54) is 7.05 Å². The van der Waals surface area contributed by atoms with Gasteiger partial charge in [-0.25, -0.2) is 13.1 Å². The minimum absolute atomic E-state index is 0.0527. The van der Waals surface area contributed by atoms with E-state index in [2.05, 4.69) is 4.72 Å². The Kier molecular flexibility index (Phi) is 5.34. The lowest BCUT2D eigenvalue weighted by molar-refractivity contribution is -0.138. The van der Waals surface area contributed by atoms with Crippen molar-refractivity contribution in [2.75, 3.05) is 27.2 Å². The zero-order valence-electron chi connectivity index (χ0n) is 15.1. The van der Waals surface area contributed by atoms with Crippen LogP contribution in [0.1, 0.15) is 24.8 Å². The van der Waals surface area contributed by atoms with Crippen LogP contribution >= 0.6 is 0 Å². The second-order valence-corrected chi connectivity index (χ2v) is 8.91. The fraction of sp³-hybridized carbons (Fsp3) is 0.556. The van der Waals surface area contributed by atoms with Gasteiger partial charge < -0.3 is 9.80 Å². The van der Waals surface area contributed by atoms with Crippen molar-refractivity contribution in [3.63, 3.8) is 0 Å². The Morgan fingerprint density at radius 1 is 1.19 bits per heavy atom. The first-order valence-corrected chi connectivity index (χ1v) is 10.4. The number of nitrogens with zero attached hydrogens (tertiary/aromatic N) is 2. The van der Waals surface area contributed by atoms with E-state index < -0.39 is 10.0 Å². The average molecular weight is 379 g/mol. The molecule has 0 unspecified atom stereocenters. The Morgan fingerprint density at radius 2 is 1.88 bits per heavy atom. The van der Waals surface area contributed by atoms with Crippen molar-refractivity contribution < 1.29 is 18.0 Å². The van der Waals surface area contributed by atoms with Crippen molar-refractivity contribution in [1.29, 1.82) is 0 Å². The zero-order chi connectivity index (χ0) is 18.9. The summed E-state index contributed by atoms with van der Waals surface area (Å²) in [6.07, 6.45) is 2.72. The number of hydrogen-bond acceptors (Lipinski definition) is 4. The van der Waals surface area contributed by atoms with Gasteiger partial charge in [-0.1, -0.05) is 12.1 Å². The van der Waals surface area contributed by atoms with Gasteiger partial charge in [0.2, 0.25) is 21.8 Å². The van der Waals surface area contributed by atoms with Gasteiger partial charge in [0.25, 0.3) is 0 Å².